The van der Waals surface area contributed by atoms with E-state index in [2.05, 4.69) is 115 Å². The van der Waals surface area contributed by atoms with Gasteiger partial charge in [-0.05, 0) is 29.3 Å². The van der Waals surface area contributed by atoms with E-state index in [1.54, 1.807) is 0 Å². The van der Waals surface area contributed by atoms with Crippen molar-refractivity contribution in [3.63, 3.8) is 0 Å². The first kappa shape index (κ1) is 25.3. The smallest absolute Gasteiger partial charge is 0.160 e. The van der Waals surface area contributed by atoms with E-state index in [9.17, 15) is 0 Å². The van der Waals surface area contributed by atoms with Crippen LogP contribution in [0, 0.1) is 0 Å². The van der Waals surface area contributed by atoms with Gasteiger partial charge in [0.25, 0.3) is 0 Å². The van der Waals surface area contributed by atoms with E-state index in [4.69, 9.17) is 15.0 Å². The Hall–Kier alpha value is -5.67. The molecule has 2 aromatic heterocycles. The van der Waals surface area contributed by atoms with Gasteiger partial charge in [-0.3, -0.25) is 0 Å². The van der Waals surface area contributed by atoms with Gasteiger partial charge >= 0.3 is 0 Å². The lowest BCUT2D eigenvalue weighted by molar-refractivity contribution is 1.18. The first-order valence-electron chi connectivity index (χ1n) is 14.0. The summed E-state index contributed by atoms with van der Waals surface area (Å²) in [5.41, 5.74) is 11.2. The van der Waals surface area contributed by atoms with Gasteiger partial charge in [-0.25, -0.2) is 15.0 Å². The van der Waals surface area contributed by atoms with Crippen LogP contribution in [-0.2, 0) is 0 Å². The maximum Gasteiger partial charge on any atom is 0.160 e. The quantitative estimate of drug-likeness (QED) is 0.212. The van der Waals surface area contributed by atoms with E-state index in [1.165, 1.54) is 0 Å². The molecule has 0 amide bonds. The van der Waals surface area contributed by atoms with E-state index in [1.807, 2.05) is 48.5 Å². The SMILES string of the molecule is c1ccc(-c2cc(-c3ccc(-c4cc(-c5ccccc5)nc(-c5ccccc5)n4)cc3)cc(-c3ccccc3)n2)cc1. The Bertz CT molecular complexity index is 1670. The van der Waals surface area contributed by atoms with Gasteiger partial charge in [-0.2, -0.15) is 0 Å². The van der Waals surface area contributed by atoms with Crippen LogP contribution in [0.3, 0.4) is 0 Å². The van der Waals surface area contributed by atoms with Gasteiger partial charge in [0, 0.05) is 27.8 Å². The average molecular weight is 538 g/mol. The molecule has 0 fully saturated rings. The van der Waals surface area contributed by atoms with Crippen LogP contribution in [0.15, 0.2) is 164 Å². The molecular formula is C39H27N3. The van der Waals surface area contributed by atoms with Crippen molar-refractivity contribution in [2.75, 3.05) is 0 Å². The first-order valence-corrected chi connectivity index (χ1v) is 14.0. The number of hydrogen-bond donors (Lipinski definition) is 0. The van der Waals surface area contributed by atoms with Crippen molar-refractivity contribution in [3.8, 4) is 67.5 Å². The summed E-state index contributed by atoms with van der Waals surface area (Å²) in [6.07, 6.45) is 0. The van der Waals surface area contributed by atoms with Crippen molar-refractivity contribution in [1.82, 2.24) is 15.0 Å². The van der Waals surface area contributed by atoms with Gasteiger partial charge in [-0.15, -0.1) is 0 Å². The van der Waals surface area contributed by atoms with Crippen LogP contribution in [0.5, 0.6) is 0 Å². The molecule has 3 nitrogen and oxygen atoms in total. The highest BCUT2D eigenvalue weighted by atomic mass is 14.9. The number of pyridine rings is 1. The van der Waals surface area contributed by atoms with Crippen LogP contribution >= 0.6 is 0 Å². The summed E-state index contributed by atoms with van der Waals surface area (Å²) in [7, 11) is 0. The maximum absolute atomic E-state index is 5.02. The maximum atomic E-state index is 5.02. The van der Waals surface area contributed by atoms with Gasteiger partial charge in [0.05, 0.1) is 22.8 Å². The van der Waals surface area contributed by atoms with Crippen LogP contribution in [0.4, 0.5) is 0 Å². The van der Waals surface area contributed by atoms with Crippen molar-refractivity contribution >= 4 is 0 Å². The normalized spacial score (nSPS) is 10.9. The Labute approximate surface area is 245 Å². The van der Waals surface area contributed by atoms with Crippen LogP contribution in [0.1, 0.15) is 0 Å². The highest BCUT2D eigenvalue weighted by Crippen LogP contribution is 2.32. The highest BCUT2D eigenvalue weighted by molar-refractivity contribution is 5.78. The minimum Gasteiger partial charge on any atom is -0.248 e. The summed E-state index contributed by atoms with van der Waals surface area (Å²) in [6.45, 7) is 0. The molecule has 198 valence electrons. The van der Waals surface area contributed by atoms with Crippen LogP contribution in [-0.4, -0.2) is 15.0 Å². The Kier molecular flexibility index (Phi) is 6.89. The predicted octanol–water partition coefficient (Wildman–Crippen LogP) is 9.87. The van der Waals surface area contributed by atoms with Crippen molar-refractivity contribution in [2.45, 2.75) is 0 Å². The molecule has 42 heavy (non-hydrogen) atoms. The minimum atomic E-state index is 0.713. The molecular weight excluding hydrogens is 510 g/mol. The largest absolute Gasteiger partial charge is 0.248 e. The Morgan fingerprint density at radius 2 is 0.571 bits per heavy atom. The van der Waals surface area contributed by atoms with E-state index < -0.39 is 0 Å². The monoisotopic (exact) mass is 537 g/mol. The Balaban J connectivity index is 1.31. The number of nitrogens with zero attached hydrogens (tertiary/aromatic N) is 3. The standard InChI is InChI=1S/C39H27N3/c1-5-13-29(14-6-1)35-25-34(26-36(40-35)30-15-7-2-8-16-30)28-21-23-32(24-22-28)38-27-37(31-17-9-3-10-18-31)41-39(42-38)33-19-11-4-12-20-33/h1-27H. The molecule has 0 saturated carbocycles. The van der Waals surface area contributed by atoms with Crippen LogP contribution < -0.4 is 0 Å². The zero-order valence-electron chi connectivity index (χ0n) is 22.9. The van der Waals surface area contributed by atoms with E-state index in [0.29, 0.717) is 5.82 Å². The first-order chi connectivity index (χ1) is 20.8. The highest BCUT2D eigenvalue weighted by Gasteiger charge is 2.12. The second-order valence-corrected chi connectivity index (χ2v) is 10.1. The number of aromatic nitrogens is 3. The summed E-state index contributed by atoms with van der Waals surface area (Å²) in [6, 6.07) is 56.1. The molecule has 0 atom stereocenters. The lowest BCUT2D eigenvalue weighted by Gasteiger charge is -2.12. The fourth-order valence-electron chi connectivity index (χ4n) is 5.11. The van der Waals surface area contributed by atoms with Crippen LogP contribution in [0.25, 0.3) is 67.5 Å². The number of rotatable bonds is 6. The third-order valence-electron chi connectivity index (χ3n) is 7.31. The predicted molar refractivity (Wildman–Crippen MR) is 172 cm³/mol. The molecule has 2 heterocycles. The molecule has 5 aromatic carbocycles. The molecule has 0 bridgehead atoms. The van der Waals surface area contributed by atoms with E-state index >= 15 is 0 Å². The number of hydrogen-bond acceptors (Lipinski definition) is 3. The van der Waals surface area contributed by atoms with Crippen molar-refractivity contribution < 1.29 is 0 Å². The Morgan fingerprint density at radius 1 is 0.238 bits per heavy atom. The van der Waals surface area contributed by atoms with Gasteiger partial charge < -0.3 is 0 Å². The molecule has 0 saturated heterocycles. The molecule has 0 aliphatic heterocycles. The lowest BCUT2D eigenvalue weighted by atomic mass is 9.98. The third kappa shape index (κ3) is 5.36. The van der Waals surface area contributed by atoms with Crippen molar-refractivity contribution in [1.29, 1.82) is 0 Å². The molecule has 0 radical (unpaired) electrons. The molecule has 7 rings (SSSR count). The fraction of sp³-hybridized carbons (Fsp3) is 0. The second-order valence-electron chi connectivity index (χ2n) is 10.1. The summed E-state index contributed by atoms with van der Waals surface area (Å²) >= 11 is 0. The fourth-order valence-corrected chi connectivity index (χ4v) is 5.11. The molecule has 7 aromatic rings. The van der Waals surface area contributed by atoms with Gasteiger partial charge in [0.15, 0.2) is 5.82 Å². The average Bonchev–Trinajstić information content (AvgIpc) is 3.09. The molecule has 0 aliphatic rings. The third-order valence-corrected chi connectivity index (χ3v) is 7.31. The Morgan fingerprint density at radius 3 is 1.00 bits per heavy atom. The molecule has 0 spiro atoms. The summed E-state index contributed by atoms with van der Waals surface area (Å²) < 4.78 is 0. The van der Waals surface area contributed by atoms with E-state index in [-0.39, 0.29) is 0 Å². The summed E-state index contributed by atoms with van der Waals surface area (Å²) in [4.78, 5) is 14.9. The molecule has 0 aliphatic carbocycles. The second kappa shape index (κ2) is 11.4. The molecule has 3 heteroatoms. The number of benzene rings is 5. The summed E-state index contributed by atoms with van der Waals surface area (Å²) in [5.74, 6) is 0.713. The van der Waals surface area contributed by atoms with Gasteiger partial charge in [0.1, 0.15) is 0 Å². The molecule has 0 unspecified atom stereocenters. The zero-order chi connectivity index (χ0) is 28.1. The minimum absolute atomic E-state index is 0.713. The van der Waals surface area contributed by atoms with Gasteiger partial charge in [-0.1, -0.05) is 146 Å². The topological polar surface area (TPSA) is 38.7 Å². The van der Waals surface area contributed by atoms with Crippen molar-refractivity contribution in [2.24, 2.45) is 0 Å². The lowest BCUT2D eigenvalue weighted by Crippen LogP contribution is -1.96. The molecule has 0 N–H and O–H groups in total. The summed E-state index contributed by atoms with van der Waals surface area (Å²) in [5, 5.41) is 0. The van der Waals surface area contributed by atoms with E-state index in [0.717, 1.165) is 61.7 Å². The van der Waals surface area contributed by atoms with Gasteiger partial charge in [0.2, 0.25) is 0 Å². The van der Waals surface area contributed by atoms with Crippen LogP contribution in [0.2, 0.25) is 0 Å². The zero-order valence-corrected chi connectivity index (χ0v) is 22.9. The van der Waals surface area contributed by atoms with Crippen molar-refractivity contribution in [3.05, 3.63) is 164 Å².